The van der Waals surface area contributed by atoms with Crippen LogP contribution in [0, 0.1) is 5.82 Å². The van der Waals surface area contributed by atoms with E-state index < -0.39 is 17.6 Å². The quantitative estimate of drug-likeness (QED) is 0.882. The fourth-order valence-corrected chi connectivity index (χ4v) is 1.91. The highest BCUT2D eigenvalue weighted by atomic mass is 19.4. The zero-order valence-electron chi connectivity index (χ0n) is 11.3. The van der Waals surface area contributed by atoms with E-state index in [1.807, 2.05) is 6.92 Å². The number of alkyl halides is 3. The van der Waals surface area contributed by atoms with Crippen molar-refractivity contribution in [3.8, 4) is 5.69 Å². The van der Waals surface area contributed by atoms with Crippen molar-refractivity contribution in [1.29, 1.82) is 0 Å². The van der Waals surface area contributed by atoms with Gasteiger partial charge < -0.3 is 5.32 Å². The molecule has 1 unspecified atom stereocenters. The van der Waals surface area contributed by atoms with Gasteiger partial charge in [-0.1, -0.05) is 6.92 Å². The van der Waals surface area contributed by atoms with Crippen molar-refractivity contribution in [2.45, 2.75) is 26.1 Å². The van der Waals surface area contributed by atoms with Gasteiger partial charge in [-0.2, -0.15) is 17.9 Å². The molecule has 5 nitrogen and oxygen atoms in total. The second kappa shape index (κ2) is 5.76. The third-order valence-corrected chi connectivity index (χ3v) is 2.89. The van der Waals surface area contributed by atoms with Crippen molar-refractivity contribution in [2.24, 2.45) is 0 Å². The van der Waals surface area contributed by atoms with Crippen LogP contribution < -0.4 is 5.32 Å². The predicted molar refractivity (Wildman–Crippen MR) is 66.2 cm³/mol. The lowest BCUT2D eigenvalue weighted by molar-refractivity contribution is -0.140. The Hall–Kier alpha value is -2.03. The van der Waals surface area contributed by atoms with Gasteiger partial charge >= 0.3 is 6.18 Å². The largest absolute Gasteiger partial charge is 0.419 e. The zero-order chi connectivity index (χ0) is 15.6. The number of hydrogen-bond acceptors (Lipinski definition) is 4. The Kier molecular flexibility index (Phi) is 4.21. The maximum absolute atomic E-state index is 13.3. The molecule has 1 heterocycles. The maximum atomic E-state index is 13.3. The molecule has 1 N–H and O–H groups in total. The predicted octanol–water partition coefficient (Wildman–Crippen LogP) is 2.49. The third-order valence-electron chi connectivity index (χ3n) is 2.89. The topological polar surface area (TPSA) is 55.6 Å². The van der Waals surface area contributed by atoms with Crippen molar-refractivity contribution in [3.05, 3.63) is 35.4 Å². The van der Waals surface area contributed by atoms with E-state index in [9.17, 15) is 17.6 Å². The summed E-state index contributed by atoms with van der Waals surface area (Å²) in [4.78, 5) is 0. The first-order valence-electron chi connectivity index (χ1n) is 6.23. The number of rotatable bonds is 4. The Labute approximate surface area is 118 Å². The summed E-state index contributed by atoms with van der Waals surface area (Å²) in [7, 11) is 0. The normalized spacial score (nSPS) is 13.4. The van der Waals surface area contributed by atoms with E-state index in [4.69, 9.17) is 0 Å². The molecule has 2 aromatic rings. The molecule has 0 aliphatic heterocycles. The summed E-state index contributed by atoms with van der Waals surface area (Å²) in [6.45, 7) is 4.30. The molecule has 0 saturated carbocycles. The summed E-state index contributed by atoms with van der Waals surface area (Å²) in [5, 5.41) is 14.0. The Morgan fingerprint density at radius 2 is 2.05 bits per heavy atom. The lowest BCUT2D eigenvalue weighted by Gasteiger charge is -2.14. The molecular weight excluding hydrogens is 290 g/mol. The van der Waals surface area contributed by atoms with Crippen molar-refractivity contribution in [1.82, 2.24) is 25.5 Å². The monoisotopic (exact) mass is 303 g/mol. The molecule has 0 aliphatic carbocycles. The SMILES string of the molecule is CCNC(C)c1nnnn1-c1ccc(F)c(C(F)(F)F)c1. The highest BCUT2D eigenvalue weighted by Gasteiger charge is 2.34. The molecule has 2 rings (SSSR count). The van der Waals surface area contributed by atoms with Crippen LogP contribution in [0.4, 0.5) is 17.6 Å². The maximum Gasteiger partial charge on any atom is 0.419 e. The molecule has 1 aromatic carbocycles. The van der Waals surface area contributed by atoms with E-state index in [0.717, 1.165) is 10.7 Å². The molecule has 9 heteroatoms. The molecular formula is C12H13F4N5. The standard InChI is InChI=1S/C12H13F4N5/c1-3-17-7(2)11-18-19-20-21(11)8-4-5-10(13)9(6-8)12(14,15)16/h4-7,17H,3H2,1-2H3. The van der Waals surface area contributed by atoms with Gasteiger partial charge in [-0.3, -0.25) is 0 Å². The van der Waals surface area contributed by atoms with Crippen LogP contribution in [-0.2, 0) is 6.18 Å². The van der Waals surface area contributed by atoms with Crippen molar-refractivity contribution >= 4 is 0 Å². The molecule has 0 bridgehead atoms. The molecule has 21 heavy (non-hydrogen) atoms. The van der Waals surface area contributed by atoms with E-state index in [-0.39, 0.29) is 11.7 Å². The summed E-state index contributed by atoms with van der Waals surface area (Å²) in [6, 6.07) is 2.38. The molecule has 114 valence electrons. The molecule has 1 atom stereocenters. The van der Waals surface area contributed by atoms with Crippen LogP contribution in [0.5, 0.6) is 0 Å². The number of nitrogens with one attached hydrogen (secondary N) is 1. The molecule has 0 aliphatic rings. The summed E-state index contributed by atoms with van der Waals surface area (Å²) in [5.41, 5.74) is -1.30. The molecule has 1 aromatic heterocycles. The fraction of sp³-hybridized carbons (Fsp3) is 0.417. The average Bonchev–Trinajstić information content (AvgIpc) is 2.87. The third kappa shape index (κ3) is 3.18. The van der Waals surface area contributed by atoms with Gasteiger partial charge in [0.05, 0.1) is 17.3 Å². The van der Waals surface area contributed by atoms with E-state index in [0.29, 0.717) is 18.4 Å². The van der Waals surface area contributed by atoms with Gasteiger partial charge in [-0.15, -0.1) is 5.10 Å². The summed E-state index contributed by atoms with van der Waals surface area (Å²) in [5.74, 6) is -0.989. The summed E-state index contributed by atoms with van der Waals surface area (Å²) < 4.78 is 52.7. The van der Waals surface area contributed by atoms with Crippen molar-refractivity contribution in [2.75, 3.05) is 6.54 Å². The minimum absolute atomic E-state index is 0.0495. The average molecular weight is 303 g/mol. The second-order valence-electron chi connectivity index (χ2n) is 4.39. The first-order chi connectivity index (χ1) is 9.84. The van der Waals surface area contributed by atoms with Gasteiger partial charge in [0.2, 0.25) is 0 Å². The second-order valence-corrected chi connectivity index (χ2v) is 4.39. The van der Waals surface area contributed by atoms with Gasteiger partial charge in [0, 0.05) is 0 Å². The van der Waals surface area contributed by atoms with E-state index in [1.54, 1.807) is 6.92 Å². The fourth-order valence-electron chi connectivity index (χ4n) is 1.91. The lowest BCUT2D eigenvalue weighted by Crippen LogP contribution is -2.22. The van der Waals surface area contributed by atoms with Gasteiger partial charge in [0.1, 0.15) is 5.82 Å². The Bertz CT molecular complexity index is 622. The number of hydrogen-bond donors (Lipinski definition) is 1. The van der Waals surface area contributed by atoms with Gasteiger partial charge in [-0.05, 0) is 42.1 Å². The van der Waals surface area contributed by atoms with E-state index >= 15 is 0 Å². The number of benzene rings is 1. The molecule has 0 fully saturated rings. The van der Waals surface area contributed by atoms with Crippen LogP contribution in [0.15, 0.2) is 18.2 Å². The van der Waals surface area contributed by atoms with Gasteiger partial charge in [0.15, 0.2) is 5.82 Å². The first kappa shape index (κ1) is 15.4. The van der Waals surface area contributed by atoms with E-state index in [1.165, 1.54) is 6.07 Å². The molecule has 0 amide bonds. The van der Waals surface area contributed by atoms with Crippen LogP contribution >= 0.6 is 0 Å². The molecule has 0 spiro atoms. The smallest absolute Gasteiger partial charge is 0.308 e. The van der Waals surface area contributed by atoms with Crippen molar-refractivity contribution in [3.63, 3.8) is 0 Å². The number of aromatic nitrogens is 4. The van der Waals surface area contributed by atoms with Crippen LogP contribution in [0.25, 0.3) is 5.69 Å². The lowest BCUT2D eigenvalue weighted by atomic mass is 10.1. The van der Waals surface area contributed by atoms with Gasteiger partial charge in [0.25, 0.3) is 0 Å². The van der Waals surface area contributed by atoms with Crippen molar-refractivity contribution < 1.29 is 17.6 Å². The number of halogens is 4. The minimum Gasteiger partial charge on any atom is -0.308 e. The van der Waals surface area contributed by atoms with Crippen LogP contribution in [0.2, 0.25) is 0 Å². The highest BCUT2D eigenvalue weighted by molar-refractivity contribution is 5.38. The number of nitrogens with zero attached hydrogens (tertiary/aromatic N) is 4. The van der Waals surface area contributed by atoms with E-state index in [2.05, 4.69) is 20.8 Å². The Morgan fingerprint density at radius 1 is 1.33 bits per heavy atom. The van der Waals surface area contributed by atoms with Crippen LogP contribution in [-0.4, -0.2) is 26.8 Å². The number of tetrazole rings is 1. The molecule has 0 radical (unpaired) electrons. The minimum atomic E-state index is -4.78. The first-order valence-corrected chi connectivity index (χ1v) is 6.23. The summed E-state index contributed by atoms with van der Waals surface area (Å²) >= 11 is 0. The molecule has 0 saturated heterocycles. The summed E-state index contributed by atoms with van der Waals surface area (Å²) in [6.07, 6.45) is -4.78. The highest BCUT2D eigenvalue weighted by Crippen LogP contribution is 2.32. The van der Waals surface area contributed by atoms with Crippen LogP contribution in [0.1, 0.15) is 31.3 Å². The Balaban J connectivity index is 2.47. The van der Waals surface area contributed by atoms with Gasteiger partial charge in [-0.25, -0.2) is 4.39 Å². The van der Waals surface area contributed by atoms with Crippen LogP contribution in [0.3, 0.4) is 0 Å². The zero-order valence-corrected chi connectivity index (χ0v) is 11.3. The Morgan fingerprint density at radius 3 is 2.67 bits per heavy atom.